The fourth-order valence-electron chi connectivity index (χ4n) is 3.94. The van der Waals surface area contributed by atoms with E-state index in [2.05, 4.69) is 18.7 Å². The Morgan fingerprint density at radius 3 is 2.39 bits per heavy atom. The SMILES string of the molecule is CCC1(CC)CCN(CC(O)C2CCCCC2)C1. The quantitative estimate of drug-likeness (QED) is 0.811. The maximum atomic E-state index is 10.4. The molecule has 0 radical (unpaired) electrons. The largest absolute Gasteiger partial charge is 0.392 e. The van der Waals surface area contributed by atoms with Crippen molar-refractivity contribution in [2.45, 2.75) is 71.3 Å². The molecule has 0 bridgehead atoms. The molecule has 2 rings (SSSR count). The van der Waals surface area contributed by atoms with Gasteiger partial charge in [0.2, 0.25) is 0 Å². The number of rotatable bonds is 5. The monoisotopic (exact) mass is 253 g/mol. The fourth-order valence-corrected chi connectivity index (χ4v) is 3.94. The maximum Gasteiger partial charge on any atom is 0.0695 e. The van der Waals surface area contributed by atoms with Crippen LogP contribution in [0.25, 0.3) is 0 Å². The first-order chi connectivity index (χ1) is 8.69. The van der Waals surface area contributed by atoms with Crippen molar-refractivity contribution in [3.8, 4) is 0 Å². The minimum Gasteiger partial charge on any atom is -0.392 e. The highest BCUT2D eigenvalue weighted by Crippen LogP contribution is 2.37. The lowest BCUT2D eigenvalue weighted by Crippen LogP contribution is -2.37. The van der Waals surface area contributed by atoms with E-state index in [9.17, 15) is 5.11 Å². The van der Waals surface area contributed by atoms with Gasteiger partial charge in [-0.1, -0.05) is 33.1 Å². The summed E-state index contributed by atoms with van der Waals surface area (Å²) < 4.78 is 0. The first kappa shape index (κ1) is 14.3. The molecule has 2 heteroatoms. The van der Waals surface area contributed by atoms with Gasteiger partial charge >= 0.3 is 0 Å². The Kier molecular flexibility index (Phi) is 5.08. The summed E-state index contributed by atoms with van der Waals surface area (Å²) in [5, 5.41) is 10.4. The lowest BCUT2D eigenvalue weighted by molar-refractivity contribution is 0.0506. The lowest BCUT2D eigenvalue weighted by atomic mass is 9.82. The van der Waals surface area contributed by atoms with Gasteiger partial charge in [0.25, 0.3) is 0 Å². The highest BCUT2D eigenvalue weighted by molar-refractivity contribution is 4.89. The van der Waals surface area contributed by atoms with Crippen molar-refractivity contribution in [1.29, 1.82) is 0 Å². The second kappa shape index (κ2) is 6.38. The zero-order chi connectivity index (χ0) is 13.0. The molecule has 0 spiro atoms. The van der Waals surface area contributed by atoms with E-state index in [0.717, 1.165) is 6.54 Å². The smallest absolute Gasteiger partial charge is 0.0695 e. The van der Waals surface area contributed by atoms with Gasteiger partial charge in [-0.25, -0.2) is 0 Å². The molecule has 1 N–H and O–H groups in total. The summed E-state index contributed by atoms with van der Waals surface area (Å²) in [6.07, 6.45) is 10.4. The highest BCUT2D eigenvalue weighted by atomic mass is 16.3. The zero-order valence-corrected chi connectivity index (χ0v) is 12.3. The summed E-state index contributed by atoms with van der Waals surface area (Å²) in [7, 11) is 0. The van der Waals surface area contributed by atoms with Crippen LogP contribution in [0.5, 0.6) is 0 Å². The van der Waals surface area contributed by atoms with Crippen LogP contribution in [-0.4, -0.2) is 35.7 Å². The molecule has 0 aromatic heterocycles. The van der Waals surface area contributed by atoms with E-state index in [-0.39, 0.29) is 6.10 Å². The van der Waals surface area contributed by atoms with Crippen LogP contribution in [0.4, 0.5) is 0 Å². The molecule has 0 aromatic rings. The maximum absolute atomic E-state index is 10.4. The summed E-state index contributed by atoms with van der Waals surface area (Å²) in [5.74, 6) is 0.581. The standard InChI is InChI=1S/C16H31NO/c1-3-16(4-2)10-11-17(13-16)12-15(18)14-8-6-5-7-9-14/h14-15,18H,3-13H2,1-2H3. The van der Waals surface area contributed by atoms with Gasteiger partial charge in [0.05, 0.1) is 6.10 Å². The Labute approximate surface area is 113 Å². The molecule has 1 heterocycles. The van der Waals surface area contributed by atoms with Gasteiger partial charge in [0.15, 0.2) is 0 Å². The minimum absolute atomic E-state index is 0.0742. The first-order valence-electron chi connectivity index (χ1n) is 8.09. The van der Waals surface area contributed by atoms with Crippen LogP contribution >= 0.6 is 0 Å². The second-order valence-electron chi connectivity index (χ2n) is 6.66. The van der Waals surface area contributed by atoms with Gasteiger partial charge in [-0.3, -0.25) is 0 Å². The van der Waals surface area contributed by atoms with E-state index in [1.807, 2.05) is 0 Å². The van der Waals surface area contributed by atoms with Crippen molar-refractivity contribution in [2.24, 2.45) is 11.3 Å². The van der Waals surface area contributed by atoms with E-state index < -0.39 is 0 Å². The third-order valence-electron chi connectivity index (χ3n) is 5.66. The van der Waals surface area contributed by atoms with E-state index in [1.54, 1.807) is 0 Å². The fraction of sp³-hybridized carbons (Fsp3) is 1.00. The van der Waals surface area contributed by atoms with E-state index in [1.165, 1.54) is 64.5 Å². The third-order valence-corrected chi connectivity index (χ3v) is 5.66. The van der Waals surface area contributed by atoms with E-state index >= 15 is 0 Å². The summed E-state index contributed by atoms with van der Waals surface area (Å²) >= 11 is 0. The molecule has 1 saturated heterocycles. The topological polar surface area (TPSA) is 23.5 Å². The van der Waals surface area contributed by atoms with Crippen molar-refractivity contribution in [3.63, 3.8) is 0 Å². The first-order valence-corrected chi connectivity index (χ1v) is 8.09. The summed E-state index contributed by atoms with van der Waals surface area (Å²) in [6.45, 7) is 7.98. The average Bonchev–Trinajstić information content (AvgIpc) is 2.84. The summed E-state index contributed by atoms with van der Waals surface area (Å²) in [5.41, 5.74) is 0.548. The number of aliphatic hydroxyl groups excluding tert-OH is 1. The van der Waals surface area contributed by atoms with E-state index in [4.69, 9.17) is 0 Å². The molecule has 2 fully saturated rings. The van der Waals surface area contributed by atoms with Crippen molar-refractivity contribution in [2.75, 3.05) is 19.6 Å². The van der Waals surface area contributed by atoms with Gasteiger partial charge in [0, 0.05) is 13.1 Å². The number of hydrogen-bond donors (Lipinski definition) is 1. The Hall–Kier alpha value is -0.0800. The molecule has 2 nitrogen and oxygen atoms in total. The van der Waals surface area contributed by atoms with Crippen LogP contribution < -0.4 is 0 Å². The molecule has 106 valence electrons. The predicted octanol–water partition coefficient (Wildman–Crippen LogP) is 3.44. The van der Waals surface area contributed by atoms with Crippen molar-refractivity contribution in [3.05, 3.63) is 0 Å². The van der Waals surface area contributed by atoms with E-state index in [0.29, 0.717) is 11.3 Å². The normalized spacial score (nSPS) is 27.5. The average molecular weight is 253 g/mol. The molecular weight excluding hydrogens is 222 g/mol. The Morgan fingerprint density at radius 1 is 1.17 bits per heavy atom. The number of hydrogen-bond acceptors (Lipinski definition) is 2. The molecule has 0 aromatic carbocycles. The van der Waals surface area contributed by atoms with Gasteiger partial charge in [0.1, 0.15) is 0 Å². The van der Waals surface area contributed by atoms with Gasteiger partial charge in [-0.15, -0.1) is 0 Å². The molecule has 18 heavy (non-hydrogen) atoms. The van der Waals surface area contributed by atoms with Crippen LogP contribution in [-0.2, 0) is 0 Å². The molecule has 1 unspecified atom stereocenters. The minimum atomic E-state index is -0.0742. The molecule has 0 amide bonds. The summed E-state index contributed by atoms with van der Waals surface area (Å²) in [6, 6.07) is 0. The Bertz CT molecular complexity index is 243. The second-order valence-corrected chi connectivity index (χ2v) is 6.66. The Balaban J connectivity index is 1.79. The van der Waals surface area contributed by atoms with Gasteiger partial charge in [-0.05, 0) is 50.0 Å². The Morgan fingerprint density at radius 2 is 1.83 bits per heavy atom. The van der Waals surface area contributed by atoms with Gasteiger partial charge in [-0.2, -0.15) is 0 Å². The predicted molar refractivity (Wildman–Crippen MR) is 76.7 cm³/mol. The van der Waals surface area contributed by atoms with Crippen LogP contribution in [0.1, 0.15) is 65.2 Å². The molecule has 1 saturated carbocycles. The molecule has 1 aliphatic carbocycles. The van der Waals surface area contributed by atoms with Crippen LogP contribution in [0, 0.1) is 11.3 Å². The molecular formula is C16H31NO. The number of β-amino-alcohol motifs (C(OH)–C–C–N with tert-alkyl or cyclic N) is 1. The number of likely N-dealkylation sites (tertiary alicyclic amines) is 1. The summed E-state index contributed by atoms with van der Waals surface area (Å²) in [4.78, 5) is 2.52. The van der Waals surface area contributed by atoms with Crippen LogP contribution in [0.3, 0.4) is 0 Å². The number of aliphatic hydroxyl groups is 1. The lowest BCUT2D eigenvalue weighted by Gasteiger charge is -2.31. The van der Waals surface area contributed by atoms with Gasteiger partial charge < -0.3 is 10.0 Å². The third kappa shape index (κ3) is 3.27. The molecule has 2 aliphatic rings. The van der Waals surface area contributed by atoms with Crippen molar-refractivity contribution in [1.82, 2.24) is 4.90 Å². The zero-order valence-electron chi connectivity index (χ0n) is 12.3. The van der Waals surface area contributed by atoms with Crippen molar-refractivity contribution >= 4 is 0 Å². The van der Waals surface area contributed by atoms with Crippen LogP contribution in [0.15, 0.2) is 0 Å². The highest BCUT2D eigenvalue weighted by Gasteiger charge is 2.36. The molecule has 1 aliphatic heterocycles. The number of nitrogens with zero attached hydrogens (tertiary/aromatic N) is 1. The van der Waals surface area contributed by atoms with Crippen LogP contribution in [0.2, 0.25) is 0 Å². The molecule has 1 atom stereocenters. The van der Waals surface area contributed by atoms with Crippen molar-refractivity contribution < 1.29 is 5.11 Å².